The Kier molecular flexibility index (Phi) is 5.44. The Balaban J connectivity index is 2.73. The highest BCUT2D eigenvalue weighted by atomic mass is 16.4. The van der Waals surface area contributed by atoms with Crippen LogP contribution in [0.3, 0.4) is 0 Å². The van der Waals surface area contributed by atoms with Gasteiger partial charge in [0.15, 0.2) is 0 Å². The molecule has 2 unspecified atom stereocenters. The third kappa shape index (κ3) is 3.37. The monoisotopic (exact) mass is 256 g/mol. The molecule has 0 aliphatic carbocycles. The molecule has 1 rings (SSSR count). The number of amides is 2. The van der Waals surface area contributed by atoms with Gasteiger partial charge in [0.1, 0.15) is 6.04 Å². The lowest BCUT2D eigenvalue weighted by Gasteiger charge is -2.38. The minimum atomic E-state index is -0.883. The van der Waals surface area contributed by atoms with Gasteiger partial charge >= 0.3 is 12.0 Å². The van der Waals surface area contributed by atoms with E-state index in [1.807, 2.05) is 6.92 Å². The Morgan fingerprint density at radius 2 is 2.06 bits per heavy atom. The molecule has 18 heavy (non-hydrogen) atoms. The SMILES string of the molecule is CCCN(C)C(=O)N1CCC(CC)CC1C(=O)O. The molecule has 0 aromatic carbocycles. The Bertz CT molecular complexity index is 307. The first-order valence-corrected chi connectivity index (χ1v) is 6.75. The summed E-state index contributed by atoms with van der Waals surface area (Å²) in [6.07, 6.45) is 3.35. The molecule has 1 aliphatic heterocycles. The highest BCUT2D eigenvalue weighted by Crippen LogP contribution is 2.26. The number of carboxylic acid groups (broad SMARTS) is 1. The maximum atomic E-state index is 12.2. The minimum Gasteiger partial charge on any atom is -0.480 e. The Labute approximate surface area is 109 Å². The zero-order valence-electron chi connectivity index (χ0n) is 11.6. The Morgan fingerprint density at radius 1 is 1.39 bits per heavy atom. The van der Waals surface area contributed by atoms with Crippen molar-refractivity contribution in [3.8, 4) is 0 Å². The number of carboxylic acids is 1. The van der Waals surface area contributed by atoms with E-state index in [2.05, 4.69) is 6.92 Å². The zero-order chi connectivity index (χ0) is 13.7. The van der Waals surface area contributed by atoms with Crippen LogP contribution in [0.15, 0.2) is 0 Å². The van der Waals surface area contributed by atoms with E-state index in [0.29, 0.717) is 25.4 Å². The highest BCUT2D eigenvalue weighted by molar-refractivity contribution is 5.82. The second-order valence-electron chi connectivity index (χ2n) is 5.05. The maximum Gasteiger partial charge on any atom is 0.326 e. The second-order valence-corrected chi connectivity index (χ2v) is 5.05. The largest absolute Gasteiger partial charge is 0.480 e. The predicted molar refractivity (Wildman–Crippen MR) is 69.5 cm³/mol. The van der Waals surface area contributed by atoms with Crippen LogP contribution in [0.4, 0.5) is 4.79 Å². The summed E-state index contributed by atoms with van der Waals surface area (Å²) in [5, 5.41) is 9.27. The molecule has 1 N–H and O–H groups in total. The van der Waals surface area contributed by atoms with E-state index < -0.39 is 12.0 Å². The molecule has 104 valence electrons. The fraction of sp³-hybridized carbons (Fsp3) is 0.846. The van der Waals surface area contributed by atoms with Crippen molar-refractivity contribution in [1.82, 2.24) is 9.80 Å². The van der Waals surface area contributed by atoms with Gasteiger partial charge in [-0.3, -0.25) is 0 Å². The molecule has 5 nitrogen and oxygen atoms in total. The number of hydrogen-bond acceptors (Lipinski definition) is 2. The van der Waals surface area contributed by atoms with Gasteiger partial charge in [0.2, 0.25) is 0 Å². The number of rotatable bonds is 4. The minimum absolute atomic E-state index is 0.154. The predicted octanol–water partition coefficient (Wildman–Crippen LogP) is 2.02. The normalized spacial score (nSPS) is 23.8. The first-order chi connectivity index (χ1) is 8.51. The summed E-state index contributed by atoms with van der Waals surface area (Å²) in [5.41, 5.74) is 0. The summed E-state index contributed by atoms with van der Waals surface area (Å²) in [4.78, 5) is 26.6. The van der Waals surface area contributed by atoms with E-state index in [0.717, 1.165) is 19.3 Å². The smallest absolute Gasteiger partial charge is 0.326 e. The molecule has 1 fully saturated rings. The van der Waals surface area contributed by atoms with Crippen molar-refractivity contribution >= 4 is 12.0 Å². The van der Waals surface area contributed by atoms with E-state index in [-0.39, 0.29) is 6.03 Å². The Morgan fingerprint density at radius 3 is 2.56 bits per heavy atom. The van der Waals surface area contributed by atoms with Gasteiger partial charge in [-0.2, -0.15) is 0 Å². The molecule has 0 saturated carbocycles. The van der Waals surface area contributed by atoms with Crippen LogP contribution in [0.2, 0.25) is 0 Å². The topological polar surface area (TPSA) is 60.9 Å². The van der Waals surface area contributed by atoms with Gasteiger partial charge in [0.25, 0.3) is 0 Å². The molecule has 0 radical (unpaired) electrons. The lowest BCUT2D eigenvalue weighted by Crippen LogP contribution is -2.53. The van der Waals surface area contributed by atoms with E-state index in [1.54, 1.807) is 11.9 Å². The standard InChI is InChI=1S/C13H24N2O3/c1-4-7-14(3)13(18)15-8-6-10(5-2)9-11(15)12(16)17/h10-11H,4-9H2,1-3H3,(H,16,17). The lowest BCUT2D eigenvalue weighted by molar-refractivity contribution is -0.144. The number of piperidine rings is 1. The fourth-order valence-electron chi connectivity index (χ4n) is 2.52. The highest BCUT2D eigenvalue weighted by Gasteiger charge is 2.36. The zero-order valence-corrected chi connectivity index (χ0v) is 11.6. The van der Waals surface area contributed by atoms with Crippen molar-refractivity contribution in [3.63, 3.8) is 0 Å². The summed E-state index contributed by atoms with van der Waals surface area (Å²) in [6, 6.07) is -0.811. The van der Waals surface area contributed by atoms with Gasteiger partial charge in [0, 0.05) is 20.1 Å². The first-order valence-electron chi connectivity index (χ1n) is 6.75. The third-order valence-corrected chi connectivity index (χ3v) is 3.70. The summed E-state index contributed by atoms with van der Waals surface area (Å²) in [6.45, 7) is 5.30. The molecule has 5 heteroatoms. The van der Waals surface area contributed by atoms with Gasteiger partial charge in [-0.15, -0.1) is 0 Å². The number of likely N-dealkylation sites (tertiary alicyclic amines) is 1. The van der Waals surface area contributed by atoms with Gasteiger partial charge in [-0.25, -0.2) is 9.59 Å². The van der Waals surface area contributed by atoms with Crippen molar-refractivity contribution in [2.24, 2.45) is 5.92 Å². The van der Waals surface area contributed by atoms with Crippen molar-refractivity contribution in [3.05, 3.63) is 0 Å². The maximum absolute atomic E-state index is 12.2. The molecule has 0 aromatic heterocycles. The Hall–Kier alpha value is -1.26. The van der Waals surface area contributed by atoms with Crippen molar-refractivity contribution in [2.45, 2.75) is 45.6 Å². The van der Waals surface area contributed by atoms with Crippen LogP contribution in [0, 0.1) is 5.92 Å². The number of aliphatic carboxylic acids is 1. The number of hydrogen-bond donors (Lipinski definition) is 1. The van der Waals surface area contributed by atoms with Crippen LogP contribution >= 0.6 is 0 Å². The van der Waals surface area contributed by atoms with Crippen LogP contribution in [0.1, 0.15) is 39.5 Å². The van der Waals surface area contributed by atoms with E-state index in [4.69, 9.17) is 0 Å². The molecule has 0 bridgehead atoms. The van der Waals surface area contributed by atoms with Crippen LogP contribution < -0.4 is 0 Å². The second kappa shape index (κ2) is 6.61. The average molecular weight is 256 g/mol. The van der Waals surface area contributed by atoms with Crippen LogP contribution in [-0.4, -0.2) is 53.1 Å². The molecular formula is C13H24N2O3. The van der Waals surface area contributed by atoms with E-state index in [1.165, 1.54) is 4.90 Å². The van der Waals surface area contributed by atoms with E-state index in [9.17, 15) is 14.7 Å². The average Bonchev–Trinajstić information content (AvgIpc) is 2.37. The molecule has 0 aromatic rings. The molecule has 1 aliphatic rings. The quantitative estimate of drug-likeness (QED) is 0.837. The molecule has 1 heterocycles. The molecular weight excluding hydrogens is 232 g/mol. The van der Waals surface area contributed by atoms with Crippen LogP contribution in [0.5, 0.6) is 0 Å². The molecule has 2 atom stereocenters. The number of urea groups is 1. The summed E-state index contributed by atoms with van der Waals surface area (Å²) < 4.78 is 0. The number of carbonyl (C=O) groups excluding carboxylic acids is 1. The van der Waals surface area contributed by atoms with Crippen molar-refractivity contribution in [2.75, 3.05) is 20.1 Å². The third-order valence-electron chi connectivity index (χ3n) is 3.70. The number of carbonyl (C=O) groups is 2. The van der Waals surface area contributed by atoms with Crippen molar-refractivity contribution < 1.29 is 14.7 Å². The van der Waals surface area contributed by atoms with Crippen molar-refractivity contribution in [1.29, 1.82) is 0 Å². The van der Waals surface area contributed by atoms with Crippen LogP contribution in [0.25, 0.3) is 0 Å². The summed E-state index contributed by atoms with van der Waals surface area (Å²) in [7, 11) is 1.73. The van der Waals surface area contributed by atoms with Gasteiger partial charge in [-0.05, 0) is 25.2 Å². The van der Waals surface area contributed by atoms with Crippen LogP contribution in [-0.2, 0) is 4.79 Å². The molecule has 1 saturated heterocycles. The lowest BCUT2D eigenvalue weighted by atomic mass is 9.89. The van der Waals surface area contributed by atoms with Gasteiger partial charge < -0.3 is 14.9 Å². The summed E-state index contributed by atoms with van der Waals surface area (Å²) in [5.74, 6) is -0.460. The molecule has 0 spiro atoms. The summed E-state index contributed by atoms with van der Waals surface area (Å²) >= 11 is 0. The van der Waals surface area contributed by atoms with Gasteiger partial charge in [0.05, 0.1) is 0 Å². The van der Waals surface area contributed by atoms with E-state index >= 15 is 0 Å². The fourth-order valence-corrected chi connectivity index (χ4v) is 2.52. The molecule has 2 amide bonds. The number of nitrogens with zero attached hydrogens (tertiary/aromatic N) is 2. The first kappa shape index (κ1) is 14.8. The van der Waals surface area contributed by atoms with Gasteiger partial charge in [-0.1, -0.05) is 20.3 Å².